The van der Waals surface area contributed by atoms with E-state index in [0.29, 0.717) is 5.56 Å². The van der Waals surface area contributed by atoms with Gasteiger partial charge in [0.2, 0.25) is 5.60 Å². The van der Waals surface area contributed by atoms with E-state index >= 15 is 0 Å². The van der Waals surface area contributed by atoms with E-state index in [1.54, 1.807) is 31.2 Å². The van der Waals surface area contributed by atoms with Crippen LogP contribution in [-0.2, 0) is 10.3 Å². The summed E-state index contributed by atoms with van der Waals surface area (Å²) < 4.78 is 45.6. The lowest BCUT2D eigenvalue weighted by molar-refractivity contribution is -0.187. The molecule has 0 aliphatic carbocycles. The normalized spacial score (nSPS) is 24.1. The SMILES string of the molecule is Cc1cccc([C@]2(C(F)(F)F)O[C@@H]2C(=O)c2ccccc2)c1. The highest BCUT2D eigenvalue weighted by molar-refractivity contribution is 6.02. The van der Waals surface area contributed by atoms with Crippen LogP contribution in [0.1, 0.15) is 21.5 Å². The fraction of sp³-hybridized carbons (Fsp3) is 0.235. The molecule has 3 rings (SSSR count). The highest BCUT2D eigenvalue weighted by Gasteiger charge is 2.76. The molecule has 2 aromatic carbocycles. The third kappa shape index (κ3) is 2.22. The zero-order valence-corrected chi connectivity index (χ0v) is 11.7. The number of ketones is 1. The molecule has 0 aromatic heterocycles. The molecule has 0 saturated carbocycles. The largest absolute Gasteiger partial charge is 0.424 e. The Morgan fingerprint density at radius 1 is 1.09 bits per heavy atom. The Hall–Kier alpha value is -2.14. The summed E-state index contributed by atoms with van der Waals surface area (Å²) in [5.41, 5.74) is -1.67. The summed E-state index contributed by atoms with van der Waals surface area (Å²) >= 11 is 0. The summed E-state index contributed by atoms with van der Waals surface area (Å²) in [6.45, 7) is 1.70. The lowest BCUT2D eigenvalue weighted by Crippen LogP contribution is -2.35. The minimum Gasteiger partial charge on any atom is -0.343 e. The van der Waals surface area contributed by atoms with E-state index in [1.165, 1.54) is 30.3 Å². The maximum Gasteiger partial charge on any atom is 0.424 e. The smallest absolute Gasteiger partial charge is 0.343 e. The van der Waals surface area contributed by atoms with Gasteiger partial charge in [-0.3, -0.25) is 4.79 Å². The van der Waals surface area contributed by atoms with E-state index in [-0.39, 0.29) is 11.1 Å². The van der Waals surface area contributed by atoms with Gasteiger partial charge in [-0.05, 0) is 12.5 Å². The van der Waals surface area contributed by atoms with Gasteiger partial charge in [-0.2, -0.15) is 13.2 Å². The number of aryl methyl sites for hydroxylation is 1. The summed E-state index contributed by atoms with van der Waals surface area (Å²) in [5.74, 6) is -0.653. The highest BCUT2D eigenvalue weighted by atomic mass is 19.4. The minimum atomic E-state index is -4.66. The van der Waals surface area contributed by atoms with Crippen LogP contribution < -0.4 is 0 Å². The maximum atomic E-state index is 13.6. The van der Waals surface area contributed by atoms with Crippen molar-refractivity contribution in [1.82, 2.24) is 0 Å². The van der Waals surface area contributed by atoms with Gasteiger partial charge >= 0.3 is 6.18 Å². The molecule has 2 aromatic rings. The number of carbonyl (C=O) groups is 1. The molecular weight excluding hydrogens is 293 g/mol. The van der Waals surface area contributed by atoms with Crippen LogP contribution in [0.15, 0.2) is 54.6 Å². The molecule has 1 aliphatic heterocycles. The number of Topliss-reactive ketones (excluding diaryl/α,β-unsaturated/α-hetero) is 1. The molecule has 1 saturated heterocycles. The van der Waals surface area contributed by atoms with Crippen LogP contribution in [0.25, 0.3) is 0 Å². The summed E-state index contributed by atoms with van der Waals surface area (Å²) in [4.78, 5) is 12.3. The Kier molecular flexibility index (Phi) is 3.33. The molecule has 22 heavy (non-hydrogen) atoms. The number of ether oxygens (including phenoxy) is 1. The fourth-order valence-electron chi connectivity index (χ4n) is 2.62. The van der Waals surface area contributed by atoms with Crippen molar-refractivity contribution < 1.29 is 22.7 Å². The van der Waals surface area contributed by atoms with Crippen molar-refractivity contribution in [2.45, 2.75) is 24.8 Å². The van der Waals surface area contributed by atoms with Gasteiger partial charge in [0.25, 0.3) is 0 Å². The summed E-state index contributed by atoms with van der Waals surface area (Å²) in [6.07, 6.45) is -6.19. The quantitative estimate of drug-likeness (QED) is 0.633. The zero-order valence-electron chi connectivity index (χ0n) is 11.7. The van der Waals surface area contributed by atoms with Crippen LogP contribution in [0.4, 0.5) is 13.2 Å². The number of hydrogen-bond acceptors (Lipinski definition) is 2. The Morgan fingerprint density at radius 3 is 2.36 bits per heavy atom. The predicted molar refractivity (Wildman–Crippen MR) is 74.6 cm³/mol. The second kappa shape index (κ2) is 4.95. The fourth-order valence-corrected chi connectivity index (χ4v) is 2.62. The molecule has 0 amide bonds. The summed E-state index contributed by atoms with van der Waals surface area (Å²) in [5, 5.41) is 0. The molecule has 2 atom stereocenters. The first kappa shape index (κ1) is 14.8. The predicted octanol–water partition coefficient (Wildman–Crippen LogP) is 4.03. The average Bonchev–Trinajstić information content (AvgIpc) is 3.24. The Labute approximate surface area is 125 Å². The second-order valence-electron chi connectivity index (χ2n) is 5.33. The number of rotatable bonds is 3. The van der Waals surface area contributed by atoms with Crippen LogP contribution in [0.3, 0.4) is 0 Å². The number of benzene rings is 2. The third-order valence-electron chi connectivity index (χ3n) is 3.78. The van der Waals surface area contributed by atoms with Crippen molar-refractivity contribution in [2.75, 3.05) is 0 Å². The average molecular weight is 306 g/mol. The van der Waals surface area contributed by atoms with Gasteiger partial charge in [-0.15, -0.1) is 0 Å². The van der Waals surface area contributed by atoms with Crippen LogP contribution >= 0.6 is 0 Å². The monoisotopic (exact) mass is 306 g/mol. The van der Waals surface area contributed by atoms with E-state index in [9.17, 15) is 18.0 Å². The highest BCUT2D eigenvalue weighted by Crippen LogP contribution is 2.58. The first-order chi connectivity index (χ1) is 10.4. The molecule has 2 nitrogen and oxygen atoms in total. The molecule has 1 heterocycles. The Bertz CT molecular complexity index is 709. The van der Waals surface area contributed by atoms with Gasteiger partial charge in [0, 0.05) is 5.56 Å². The molecule has 5 heteroatoms. The number of carbonyl (C=O) groups excluding carboxylic acids is 1. The van der Waals surface area contributed by atoms with Gasteiger partial charge in [-0.1, -0.05) is 60.2 Å². The number of halogens is 3. The molecule has 1 fully saturated rings. The van der Waals surface area contributed by atoms with Crippen LogP contribution in [0.2, 0.25) is 0 Å². The molecule has 0 unspecified atom stereocenters. The lowest BCUT2D eigenvalue weighted by atomic mass is 9.90. The number of epoxide rings is 1. The lowest BCUT2D eigenvalue weighted by Gasteiger charge is -2.17. The van der Waals surface area contributed by atoms with Crippen molar-refractivity contribution >= 4 is 5.78 Å². The minimum absolute atomic E-state index is 0.0331. The molecule has 1 aliphatic rings. The van der Waals surface area contributed by atoms with Gasteiger partial charge in [0.05, 0.1) is 0 Å². The standard InChI is InChI=1S/C17H13F3O2/c1-11-6-5-9-13(10-11)16(17(18,19)20)15(22-16)14(21)12-7-3-2-4-8-12/h2-10,15H,1H3/t15-,16+/m1/s1. The van der Waals surface area contributed by atoms with E-state index in [4.69, 9.17) is 4.74 Å². The van der Waals surface area contributed by atoms with Gasteiger partial charge in [-0.25, -0.2) is 0 Å². The van der Waals surface area contributed by atoms with Crippen molar-refractivity contribution in [2.24, 2.45) is 0 Å². The zero-order chi connectivity index (χ0) is 16.0. The maximum absolute atomic E-state index is 13.6. The van der Waals surface area contributed by atoms with E-state index < -0.39 is 23.7 Å². The third-order valence-corrected chi connectivity index (χ3v) is 3.78. The first-order valence-corrected chi connectivity index (χ1v) is 6.77. The van der Waals surface area contributed by atoms with E-state index in [1.807, 2.05) is 0 Å². The van der Waals surface area contributed by atoms with Gasteiger partial charge < -0.3 is 4.74 Å². The Balaban J connectivity index is 2.00. The molecule has 0 bridgehead atoms. The van der Waals surface area contributed by atoms with Crippen LogP contribution in [0, 0.1) is 6.92 Å². The topological polar surface area (TPSA) is 29.6 Å². The van der Waals surface area contributed by atoms with Crippen molar-refractivity contribution in [3.63, 3.8) is 0 Å². The van der Waals surface area contributed by atoms with Crippen molar-refractivity contribution in [1.29, 1.82) is 0 Å². The van der Waals surface area contributed by atoms with E-state index in [0.717, 1.165) is 0 Å². The molecule has 0 spiro atoms. The summed E-state index contributed by atoms with van der Waals surface area (Å²) in [7, 11) is 0. The molecule has 0 N–H and O–H groups in total. The van der Waals surface area contributed by atoms with Crippen molar-refractivity contribution in [3.8, 4) is 0 Å². The molecule has 114 valence electrons. The van der Waals surface area contributed by atoms with Crippen LogP contribution in [-0.4, -0.2) is 18.1 Å². The molecular formula is C17H13F3O2. The number of alkyl halides is 3. The number of hydrogen-bond donors (Lipinski definition) is 0. The van der Waals surface area contributed by atoms with Gasteiger partial charge in [0.1, 0.15) is 0 Å². The first-order valence-electron chi connectivity index (χ1n) is 6.77. The Morgan fingerprint density at radius 2 is 1.77 bits per heavy atom. The van der Waals surface area contributed by atoms with E-state index in [2.05, 4.69) is 0 Å². The van der Waals surface area contributed by atoms with Gasteiger partial charge in [0.15, 0.2) is 11.9 Å². The van der Waals surface area contributed by atoms with Crippen LogP contribution in [0.5, 0.6) is 0 Å². The molecule has 0 radical (unpaired) electrons. The van der Waals surface area contributed by atoms with Crippen molar-refractivity contribution in [3.05, 3.63) is 71.3 Å². The summed E-state index contributed by atoms with van der Waals surface area (Å²) in [6, 6.07) is 13.9. The second-order valence-corrected chi connectivity index (χ2v) is 5.33.